The fourth-order valence-electron chi connectivity index (χ4n) is 0.936. The Morgan fingerprint density at radius 2 is 2.50 bits per heavy atom. The van der Waals surface area contributed by atoms with Crippen LogP contribution in [0.1, 0.15) is 0 Å². The summed E-state index contributed by atoms with van der Waals surface area (Å²) in [7, 11) is 0. The van der Waals surface area contributed by atoms with Gasteiger partial charge in [-0.3, -0.25) is 15.0 Å². The first kappa shape index (κ1) is 8.95. The van der Waals surface area contributed by atoms with E-state index < -0.39 is 0 Å². The zero-order chi connectivity index (χ0) is 8.97. The molecule has 6 nitrogen and oxygen atoms in total. The van der Waals surface area contributed by atoms with Gasteiger partial charge in [-0.15, -0.1) is 0 Å². The summed E-state index contributed by atoms with van der Waals surface area (Å²) in [5, 5.41) is 0. The molecule has 0 unspecified atom stereocenters. The van der Waals surface area contributed by atoms with Crippen molar-refractivity contribution in [2.75, 3.05) is 26.3 Å². The first-order chi connectivity index (χ1) is 5.74. The molecule has 1 saturated heterocycles. The van der Waals surface area contributed by atoms with E-state index in [-0.39, 0.29) is 25.0 Å². The van der Waals surface area contributed by atoms with Gasteiger partial charge in [-0.2, -0.15) is 0 Å². The lowest BCUT2D eigenvalue weighted by Crippen LogP contribution is -2.48. The summed E-state index contributed by atoms with van der Waals surface area (Å²) >= 11 is 0. The predicted octanol–water partition coefficient (Wildman–Crippen LogP) is -2.16. The molecule has 3 N–H and O–H groups in total. The number of ether oxygens (including phenoxy) is 1. The van der Waals surface area contributed by atoms with Gasteiger partial charge in [0.05, 0.1) is 6.61 Å². The number of hydrogen-bond acceptors (Lipinski definition) is 4. The second kappa shape index (κ2) is 4.03. The van der Waals surface area contributed by atoms with E-state index in [2.05, 4.69) is 0 Å². The predicted molar refractivity (Wildman–Crippen MR) is 39.7 cm³/mol. The van der Waals surface area contributed by atoms with Crippen molar-refractivity contribution in [3.05, 3.63) is 0 Å². The fourth-order valence-corrected chi connectivity index (χ4v) is 0.936. The van der Waals surface area contributed by atoms with Crippen LogP contribution in [0.15, 0.2) is 0 Å². The maximum absolute atomic E-state index is 11.0. The van der Waals surface area contributed by atoms with Crippen LogP contribution in [-0.2, 0) is 14.3 Å². The number of amides is 2. The van der Waals surface area contributed by atoms with Crippen molar-refractivity contribution in [1.29, 1.82) is 0 Å². The Balaban J connectivity index is 2.39. The first-order valence-corrected chi connectivity index (χ1v) is 3.59. The van der Waals surface area contributed by atoms with Crippen LogP contribution in [0.3, 0.4) is 0 Å². The van der Waals surface area contributed by atoms with E-state index in [1.807, 2.05) is 5.43 Å². The van der Waals surface area contributed by atoms with Gasteiger partial charge in [-0.1, -0.05) is 0 Å². The van der Waals surface area contributed by atoms with E-state index in [1.54, 1.807) is 0 Å². The van der Waals surface area contributed by atoms with Crippen molar-refractivity contribution < 1.29 is 14.3 Å². The maximum Gasteiger partial charge on any atom is 0.253 e. The topological polar surface area (TPSA) is 84.7 Å². The normalized spacial score (nSPS) is 17.8. The van der Waals surface area contributed by atoms with Gasteiger partial charge < -0.3 is 9.64 Å². The second-order valence-electron chi connectivity index (χ2n) is 2.44. The molecule has 0 saturated carbocycles. The molecule has 0 aromatic heterocycles. The minimum absolute atomic E-state index is 0.0126. The van der Waals surface area contributed by atoms with E-state index in [4.69, 9.17) is 10.6 Å². The van der Waals surface area contributed by atoms with Crippen LogP contribution in [0, 0.1) is 0 Å². The highest BCUT2D eigenvalue weighted by Crippen LogP contribution is 1.97. The number of carbonyl (C=O) groups excluding carboxylic acids is 2. The molecule has 6 heteroatoms. The number of morpholine rings is 1. The van der Waals surface area contributed by atoms with E-state index in [0.717, 1.165) is 0 Å². The van der Waals surface area contributed by atoms with Gasteiger partial charge in [0.15, 0.2) is 0 Å². The summed E-state index contributed by atoms with van der Waals surface area (Å²) in [4.78, 5) is 23.2. The standard InChI is InChI=1S/C6H11N3O3/c7-8-5(10)3-9-1-2-12-4-6(9)11/h1-4,7H2,(H,8,10). The summed E-state index contributed by atoms with van der Waals surface area (Å²) in [6.07, 6.45) is 0. The van der Waals surface area contributed by atoms with Crippen LogP contribution < -0.4 is 11.3 Å². The van der Waals surface area contributed by atoms with Gasteiger partial charge in [0.25, 0.3) is 5.91 Å². The molecule has 1 heterocycles. The third kappa shape index (κ3) is 2.18. The van der Waals surface area contributed by atoms with Crippen LogP contribution in [-0.4, -0.2) is 43.0 Å². The molecule has 0 bridgehead atoms. The zero-order valence-corrected chi connectivity index (χ0v) is 6.58. The van der Waals surface area contributed by atoms with Crippen LogP contribution in [0.25, 0.3) is 0 Å². The van der Waals surface area contributed by atoms with E-state index in [1.165, 1.54) is 4.90 Å². The van der Waals surface area contributed by atoms with Gasteiger partial charge in [0.2, 0.25) is 5.91 Å². The summed E-state index contributed by atoms with van der Waals surface area (Å²) in [5.74, 6) is 4.32. The van der Waals surface area contributed by atoms with E-state index in [9.17, 15) is 9.59 Å². The number of carbonyl (C=O) groups is 2. The average Bonchev–Trinajstić information content (AvgIpc) is 2.09. The van der Waals surface area contributed by atoms with Crippen molar-refractivity contribution in [3.8, 4) is 0 Å². The van der Waals surface area contributed by atoms with Gasteiger partial charge >= 0.3 is 0 Å². The molecule has 0 radical (unpaired) electrons. The molecule has 0 atom stereocenters. The second-order valence-corrected chi connectivity index (χ2v) is 2.44. The van der Waals surface area contributed by atoms with Crippen molar-refractivity contribution in [1.82, 2.24) is 10.3 Å². The highest BCUT2D eigenvalue weighted by atomic mass is 16.5. The molecule has 2 amide bonds. The number of nitrogens with one attached hydrogen (secondary N) is 1. The zero-order valence-electron chi connectivity index (χ0n) is 6.58. The number of rotatable bonds is 2. The molecule has 0 aromatic rings. The van der Waals surface area contributed by atoms with Gasteiger partial charge in [0, 0.05) is 6.54 Å². The Hall–Kier alpha value is -1.14. The molecule has 68 valence electrons. The molecular weight excluding hydrogens is 162 g/mol. The minimum Gasteiger partial charge on any atom is -0.370 e. The highest BCUT2D eigenvalue weighted by Gasteiger charge is 2.20. The summed E-state index contributed by atoms with van der Waals surface area (Å²) < 4.78 is 4.87. The van der Waals surface area contributed by atoms with Crippen molar-refractivity contribution in [3.63, 3.8) is 0 Å². The smallest absolute Gasteiger partial charge is 0.253 e. The van der Waals surface area contributed by atoms with Gasteiger partial charge in [0.1, 0.15) is 13.2 Å². The quantitative estimate of drug-likeness (QED) is 0.283. The SMILES string of the molecule is NNC(=O)CN1CCOCC1=O. The van der Waals surface area contributed by atoms with E-state index in [0.29, 0.717) is 13.2 Å². The Morgan fingerprint density at radius 1 is 1.75 bits per heavy atom. The first-order valence-electron chi connectivity index (χ1n) is 3.59. The van der Waals surface area contributed by atoms with Crippen molar-refractivity contribution in [2.24, 2.45) is 5.84 Å². The Kier molecular flexibility index (Phi) is 3.01. The molecule has 0 aliphatic carbocycles. The third-order valence-electron chi connectivity index (χ3n) is 1.58. The maximum atomic E-state index is 11.0. The fraction of sp³-hybridized carbons (Fsp3) is 0.667. The minimum atomic E-state index is -0.370. The Bertz CT molecular complexity index is 194. The van der Waals surface area contributed by atoms with E-state index >= 15 is 0 Å². The third-order valence-corrected chi connectivity index (χ3v) is 1.58. The molecule has 1 rings (SSSR count). The molecule has 0 aromatic carbocycles. The Morgan fingerprint density at radius 3 is 3.08 bits per heavy atom. The molecule has 1 aliphatic rings. The lowest BCUT2D eigenvalue weighted by Gasteiger charge is -2.25. The number of hydrogen-bond donors (Lipinski definition) is 2. The number of nitrogens with zero attached hydrogens (tertiary/aromatic N) is 1. The van der Waals surface area contributed by atoms with Crippen LogP contribution in [0.2, 0.25) is 0 Å². The summed E-state index contributed by atoms with van der Waals surface area (Å²) in [6, 6.07) is 0. The van der Waals surface area contributed by atoms with Crippen LogP contribution >= 0.6 is 0 Å². The highest BCUT2D eigenvalue weighted by molar-refractivity contribution is 5.85. The van der Waals surface area contributed by atoms with Gasteiger partial charge in [-0.25, -0.2) is 5.84 Å². The van der Waals surface area contributed by atoms with Crippen molar-refractivity contribution in [2.45, 2.75) is 0 Å². The van der Waals surface area contributed by atoms with Gasteiger partial charge in [-0.05, 0) is 0 Å². The molecular formula is C6H11N3O3. The summed E-state index contributed by atoms with van der Waals surface area (Å²) in [6.45, 7) is 0.992. The molecule has 1 fully saturated rings. The van der Waals surface area contributed by atoms with Crippen LogP contribution in [0.5, 0.6) is 0 Å². The lowest BCUT2D eigenvalue weighted by molar-refractivity contribution is -0.145. The molecule has 0 spiro atoms. The van der Waals surface area contributed by atoms with Crippen LogP contribution in [0.4, 0.5) is 0 Å². The molecule has 12 heavy (non-hydrogen) atoms. The summed E-state index contributed by atoms with van der Waals surface area (Å²) in [5.41, 5.74) is 1.96. The number of hydrazine groups is 1. The largest absolute Gasteiger partial charge is 0.370 e. The lowest BCUT2D eigenvalue weighted by atomic mass is 10.4. The van der Waals surface area contributed by atoms with Crippen molar-refractivity contribution >= 4 is 11.8 Å². The Labute approximate surface area is 69.6 Å². The number of nitrogens with two attached hydrogens (primary N) is 1. The monoisotopic (exact) mass is 173 g/mol. The molecule has 1 aliphatic heterocycles. The average molecular weight is 173 g/mol.